The molecule has 3 N–H and O–H groups in total. The van der Waals surface area contributed by atoms with Crippen LogP contribution in [0.2, 0.25) is 0 Å². The Morgan fingerprint density at radius 3 is 2.57 bits per heavy atom. The first-order valence-corrected chi connectivity index (χ1v) is 7.65. The Morgan fingerprint density at radius 2 is 1.83 bits per heavy atom. The van der Waals surface area contributed by atoms with Crippen molar-refractivity contribution in [3.63, 3.8) is 0 Å². The summed E-state index contributed by atoms with van der Waals surface area (Å²) in [4.78, 5) is 16.2. The lowest BCUT2D eigenvalue weighted by atomic mass is 10.2. The maximum Gasteiger partial charge on any atom is 0.256 e. The summed E-state index contributed by atoms with van der Waals surface area (Å²) >= 11 is 1.19. The molecule has 0 aliphatic rings. The van der Waals surface area contributed by atoms with Crippen LogP contribution in [0.3, 0.4) is 0 Å². The Balaban J connectivity index is 1.77. The van der Waals surface area contributed by atoms with E-state index in [1.165, 1.54) is 29.5 Å². The van der Waals surface area contributed by atoms with Gasteiger partial charge in [-0.05, 0) is 24.3 Å². The van der Waals surface area contributed by atoms with Crippen molar-refractivity contribution >= 4 is 33.1 Å². The van der Waals surface area contributed by atoms with Gasteiger partial charge in [-0.1, -0.05) is 24.3 Å². The van der Waals surface area contributed by atoms with Crippen LogP contribution in [0.1, 0.15) is 11.1 Å². The molecule has 1 amide bonds. The van der Waals surface area contributed by atoms with E-state index in [9.17, 15) is 19.4 Å². The Kier molecular flexibility index (Phi) is 4.33. The zero-order valence-corrected chi connectivity index (χ0v) is 12.6. The molecule has 0 spiro atoms. The van der Waals surface area contributed by atoms with Gasteiger partial charge in [0.25, 0.3) is 5.91 Å². The molecule has 0 saturated carbocycles. The molecule has 0 fully saturated rings. The van der Waals surface area contributed by atoms with Gasteiger partial charge in [-0.3, -0.25) is 4.79 Å². The molecule has 118 valence electrons. The third-order valence-corrected chi connectivity index (χ3v) is 4.37. The van der Waals surface area contributed by atoms with Gasteiger partial charge >= 0.3 is 0 Å². The maximum atomic E-state index is 13.5. The van der Waals surface area contributed by atoms with Crippen molar-refractivity contribution in [3.05, 3.63) is 59.4 Å². The number of para-hydroxylation sites is 2. The van der Waals surface area contributed by atoms with Crippen molar-refractivity contribution in [2.75, 3.05) is 5.32 Å². The summed E-state index contributed by atoms with van der Waals surface area (Å²) in [6, 6.07) is 12.8. The van der Waals surface area contributed by atoms with E-state index in [2.05, 4.69) is 10.3 Å². The number of aliphatic hydroxyl groups excluding tert-OH is 2. The Labute approximate surface area is 135 Å². The molecule has 0 saturated heterocycles. The van der Waals surface area contributed by atoms with Gasteiger partial charge in [0.2, 0.25) is 0 Å². The number of hydrogen-bond donors (Lipinski definition) is 3. The highest BCUT2D eigenvalue weighted by Gasteiger charge is 2.28. The SMILES string of the molecule is O=C(Nc1ccccc1F)C(O)C(O)c1nc2ccccc2s1. The minimum absolute atomic E-state index is 0.0620. The summed E-state index contributed by atoms with van der Waals surface area (Å²) in [5.41, 5.74) is 0.612. The predicted molar refractivity (Wildman–Crippen MR) is 85.6 cm³/mol. The molecule has 2 atom stereocenters. The minimum Gasteiger partial charge on any atom is -0.383 e. The summed E-state index contributed by atoms with van der Waals surface area (Å²) < 4.78 is 14.3. The van der Waals surface area contributed by atoms with Crippen LogP contribution in [-0.4, -0.2) is 27.2 Å². The number of amides is 1. The van der Waals surface area contributed by atoms with Crippen molar-refractivity contribution in [3.8, 4) is 0 Å². The summed E-state index contributed by atoms with van der Waals surface area (Å²) in [6.07, 6.45) is -3.24. The lowest BCUT2D eigenvalue weighted by molar-refractivity contribution is -0.129. The number of aromatic nitrogens is 1. The summed E-state index contributed by atoms with van der Waals surface area (Å²) in [6.45, 7) is 0. The number of nitrogens with one attached hydrogen (secondary N) is 1. The fraction of sp³-hybridized carbons (Fsp3) is 0.125. The predicted octanol–water partition coefficient (Wildman–Crippen LogP) is 2.47. The van der Waals surface area contributed by atoms with Gasteiger partial charge in [0, 0.05) is 0 Å². The van der Waals surface area contributed by atoms with E-state index in [1.807, 2.05) is 12.1 Å². The van der Waals surface area contributed by atoms with Crippen LogP contribution in [-0.2, 0) is 4.79 Å². The third kappa shape index (κ3) is 3.21. The van der Waals surface area contributed by atoms with Gasteiger partial charge in [0.05, 0.1) is 15.9 Å². The monoisotopic (exact) mass is 332 g/mol. The first-order valence-electron chi connectivity index (χ1n) is 6.83. The van der Waals surface area contributed by atoms with E-state index >= 15 is 0 Å². The quantitative estimate of drug-likeness (QED) is 0.685. The van der Waals surface area contributed by atoms with Crippen LogP contribution >= 0.6 is 11.3 Å². The zero-order chi connectivity index (χ0) is 16.4. The van der Waals surface area contributed by atoms with Crippen LogP contribution in [0.15, 0.2) is 48.5 Å². The highest BCUT2D eigenvalue weighted by atomic mass is 32.1. The Hall–Kier alpha value is -2.35. The highest BCUT2D eigenvalue weighted by molar-refractivity contribution is 7.18. The maximum absolute atomic E-state index is 13.5. The van der Waals surface area contributed by atoms with Gasteiger partial charge in [-0.25, -0.2) is 9.37 Å². The number of carbonyl (C=O) groups is 1. The average Bonchev–Trinajstić information content (AvgIpc) is 2.99. The molecule has 3 aromatic rings. The molecule has 7 heteroatoms. The fourth-order valence-corrected chi connectivity index (χ4v) is 3.05. The second kappa shape index (κ2) is 6.41. The number of benzene rings is 2. The van der Waals surface area contributed by atoms with Gasteiger partial charge < -0.3 is 15.5 Å². The molecule has 0 aliphatic heterocycles. The molecular formula is C16H13FN2O3S. The number of halogens is 1. The first-order chi connectivity index (χ1) is 11.1. The highest BCUT2D eigenvalue weighted by Crippen LogP contribution is 2.28. The molecule has 2 unspecified atom stereocenters. The van der Waals surface area contributed by atoms with E-state index < -0.39 is 23.9 Å². The van der Waals surface area contributed by atoms with Gasteiger partial charge in [-0.15, -0.1) is 11.3 Å². The number of hydrogen-bond acceptors (Lipinski definition) is 5. The number of rotatable bonds is 4. The molecule has 0 radical (unpaired) electrons. The van der Waals surface area contributed by atoms with E-state index in [4.69, 9.17) is 0 Å². The molecule has 3 rings (SSSR count). The standard InChI is InChI=1S/C16H13FN2O3S/c17-9-5-1-2-6-10(9)18-15(22)13(20)14(21)16-19-11-7-3-4-8-12(11)23-16/h1-8,13-14,20-21H,(H,18,22). The Morgan fingerprint density at radius 1 is 1.13 bits per heavy atom. The smallest absolute Gasteiger partial charge is 0.256 e. The average molecular weight is 332 g/mol. The van der Waals surface area contributed by atoms with E-state index in [0.29, 0.717) is 5.52 Å². The summed E-state index contributed by atoms with van der Waals surface area (Å²) in [5, 5.41) is 22.6. The van der Waals surface area contributed by atoms with E-state index in [-0.39, 0.29) is 10.7 Å². The number of thiazole rings is 1. The number of anilines is 1. The second-order valence-corrected chi connectivity index (χ2v) is 5.94. The molecular weight excluding hydrogens is 319 g/mol. The Bertz CT molecular complexity index is 819. The summed E-state index contributed by atoms with van der Waals surface area (Å²) in [5.74, 6) is -1.52. The van der Waals surface area contributed by atoms with E-state index in [0.717, 1.165) is 4.70 Å². The molecule has 23 heavy (non-hydrogen) atoms. The molecule has 0 aliphatic carbocycles. The third-order valence-electron chi connectivity index (χ3n) is 3.26. The zero-order valence-electron chi connectivity index (χ0n) is 11.8. The van der Waals surface area contributed by atoms with Crippen LogP contribution in [0.5, 0.6) is 0 Å². The number of carbonyl (C=O) groups excluding carboxylic acids is 1. The number of aliphatic hydroxyl groups is 2. The van der Waals surface area contributed by atoms with Crippen LogP contribution in [0, 0.1) is 5.82 Å². The molecule has 5 nitrogen and oxygen atoms in total. The lowest BCUT2D eigenvalue weighted by Gasteiger charge is -2.15. The topological polar surface area (TPSA) is 82.5 Å². The number of nitrogens with zero attached hydrogens (tertiary/aromatic N) is 1. The van der Waals surface area contributed by atoms with Crippen molar-refractivity contribution in [1.82, 2.24) is 4.98 Å². The van der Waals surface area contributed by atoms with Gasteiger partial charge in [0.1, 0.15) is 16.9 Å². The molecule has 1 aromatic heterocycles. The first kappa shape index (κ1) is 15.5. The number of fused-ring (bicyclic) bond motifs is 1. The molecule has 1 heterocycles. The normalized spacial score (nSPS) is 13.7. The molecule has 0 bridgehead atoms. The lowest BCUT2D eigenvalue weighted by Crippen LogP contribution is -2.33. The van der Waals surface area contributed by atoms with Crippen molar-refractivity contribution in [1.29, 1.82) is 0 Å². The van der Waals surface area contributed by atoms with E-state index in [1.54, 1.807) is 18.2 Å². The fourth-order valence-electron chi connectivity index (χ4n) is 2.06. The second-order valence-electron chi connectivity index (χ2n) is 4.88. The van der Waals surface area contributed by atoms with Crippen LogP contribution in [0.25, 0.3) is 10.2 Å². The van der Waals surface area contributed by atoms with Crippen molar-refractivity contribution < 1.29 is 19.4 Å². The summed E-state index contributed by atoms with van der Waals surface area (Å²) in [7, 11) is 0. The van der Waals surface area contributed by atoms with Gasteiger partial charge in [0.15, 0.2) is 6.10 Å². The largest absolute Gasteiger partial charge is 0.383 e. The van der Waals surface area contributed by atoms with Crippen LogP contribution in [0.4, 0.5) is 10.1 Å². The minimum atomic E-state index is -1.75. The van der Waals surface area contributed by atoms with Crippen LogP contribution < -0.4 is 5.32 Å². The molecule has 2 aromatic carbocycles. The van der Waals surface area contributed by atoms with Crippen molar-refractivity contribution in [2.24, 2.45) is 0 Å². The van der Waals surface area contributed by atoms with Crippen molar-refractivity contribution in [2.45, 2.75) is 12.2 Å². The van der Waals surface area contributed by atoms with Gasteiger partial charge in [-0.2, -0.15) is 0 Å².